The molecule has 9 rings (SSSR count). The number of rotatable bonds is 3. The highest BCUT2D eigenvalue weighted by Crippen LogP contribution is 2.39. The molecule has 1 saturated carbocycles. The molecular formula is C26H28N6O3S. The summed E-state index contributed by atoms with van der Waals surface area (Å²) < 4.78 is 15.9. The van der Waals surface area contributed by atoms with E-state index in [9.17, 15) is 4.79 Å². The average molecular weight is 505 g/mol. The highest BCUT2D eigenvalue weighted by Gasteiger charge is 2.34. The molecule has 0 atom stereocenters. The Balaban J connectivity index is 1.25. The van der Waals surface area contributed by atoms with Gasteiger partial charge in [-0.15, -0.1) is 10.2 Å². The predicted octanol–water partition coefficient (Wildman–Crippen LogP) is 4.09. The van der Waals surface area contributed by atoms with E-state index < -0.39 is 0 Å². The molecular weight excluding hydrogens is 476 g/mol. The highest BCUT2D eigenvalue weighted by molar-refractivity contribution is 8.01. The summed E-state index contributed by atoms with van der Waals surface area (Å²) in [4.78, 5) is 21.5. The Labute approximate surface area is 213 Å². The zero-order valence-corrected chi connectivity index (χ0v) is 20.7. The zero-order valence-electron chi connectivity index (χ0n) is 19.9. The number of nitrogens with zero attached hydrogens (tertiary/aromatic N) is 5. The van der Waals surface area contributed by atoms with Crippen LogP contribution >= 0.6 is 11.9 Å². The molecule has 5 aliphatic heterocycles. The van der Waals surface area contributed by atoms with Crippen LogP contribution in [-0.4, -0.2) is 70.1 Å². The van der Waals surface area contributed by atoms with E-state index in [1.54, 1.807) is 35.2 Å². The SMILES string of the molecule is O=C1c2cc(ccn2)-c2nnc(o2)-c2ccc(NSC3CC3)cc2N2CCC(CC2)COC2CN1C2. The van der Waals surface area contributed by atoms with Gasteiger partial charge in [0, 0.05) is 48.9 Å². The second-order valence-electron chi connectivity index (χ2n) is 10.1. The second kappa shape index (κ2) is 9.08. The van der Waals surface area contributed by atoms with Gasteiger partial charge in [0.15, 0.2) is 0 Å². The number of hydrogen-bond donors (Lipinski definition) is 1. The van der Waals surface area contributed by atoms with Crippen LogP contribution < -0.4 is 9.62 Å². The fraction of sp³-hybridized carbons (Fsp3) is 0.462. The Bertz CT molecular complexity index is 1280. The Morgan fingerprint density at radius 2 is 1.81 bits per heavy atom. The van der Waals surface area contributed by atoms with Crippen molar-refractivity contribution >= 4 is 29.2 Å². The molecule has 10 heteroatoms. The lowest BCUT2D eigenvalue weighted by Crippen LogP contribution is -2.55. The Morgan fingerprint density at radius 3 is 2.64 bits per heavy atom. The van der Waals surface area contributed by atoms with Crippen LogP contribution in [0.4, 0.5) is 11.4 Å². The summed E-state index contributed by atoms with van der Waals surface area (Å²) in [6, 6.07) is 9.87. The number of fused-ring (bicyclic) bond motifs is 1. The molecule has 2 saturated heterocycles. The first-order valence-corrected chi connectivity index (χ1v) is 13.6. The molecule has 186 valence electrons. The summed E-state index contributed by atoms with van der Waals surface area (Å²) in [6.07, 6.45) is 6.41. The van der Waals surface area contributed by atoms with Crippen molar-refractivity contribution in [3.8, 4) is 22.9 Å². The van der Waals surface area contributed by atoms with Crippen LogP contribution in [0.25, 0.3) is 22.9 Å². The monoisotopic (exact) mass is 504 g/mol. The first kappa shape index (κ1) is 22.1. The molecule has 1 N–H and O–H groups in total. The maximum Gasteiger partial charge on any atom is 0.272 e. The molecule has 0 radical (unpaired) electrons. The predicted molar refractivity (Wildman–Crippen MR) is 138 cm³/mol. The molecule has 1 amide bonds. The van der Waals surface area contributed by atoms with Crippen molar-refractivity contribution in [1.82, 2.24) is 20.1 Å². The minimum Gasteiger partial charge on any atom is -0.416 e. The first-order valence-electron chi connectivity index (χ1n) is 12.7. The number of carbonyl (C=O) groups is 1. The van der Waals surface area contributed by atoms with Gasteiger partial charge in [-0.2, -0.15) is 0 Å². The van der Waals surface area contributed by atoms with E-state index in [-0.39, 0.29) is 12.0 Å². The van der Waals surface area contributed by atoms with Crippen LogP contribution in [0, 0.1) is 5.92 Å². The van der Waals surface area contributed by atoms with E-state index in [1.165, 1.54) is 12.8 Å². The van der Waals surface area contributed by atoms with Gasteiger partial charge in [0.25, 0.3) is 5.91 Å². The Morgan fingerprint density at radius 1 is 0.972 bits per heavy atom. The third-order valence-electron chi connectivity index (χ3n) is 7.41. The van der Waals surface area contributed by atoms with E-state index in [4.69, 9.17) is 9.15 Å². The molecule has 7 heterocycles. The topological polar surface area (TPSA) is 96.6 Å². The minimum absolute atomic E-state index is 0.0969. The van der Waals surface area contributed by atoms with Crippen LogP contribution in [0.5, 0.6) is 0 Å². The van der Waals surface area contributed by atoms with Gasteiger partial charge >= 0.3 is 0 Å². The van der Waals surface area contributed by atoms with Crippen LogP contribution in [0.2, 0.25) is 0 Å². The van der Waals surface area contributed by atoms with Crippen LogP contribution in [-0.2, 0) is 4.74 Å². The smallest absolute Gasteiger partial charge is 0.272 e. The summed E-state index contributed by atoms with van der Waals surface area (Å²) in [6.45, 7) is 3.86. The van der Waals surface area contributed by atoms with E-state index in [2.05, 4.69) is 43.0 Å². The lowest BCUT2D eigenvalue weighted by molar-refractivity contribution is -0.0560. The van der Waals surface area contributed by atoms with Crippen molar-refractivity contribution in [3.63, 3.8) is 0 Å². The molecule has 0 spiro atoms. The van der Waals surface area contributed by atoms with E-state index in [0.717, 1.165) is 49.5 Å². The molecule has 36 heavy (non-hydrogen) atoms. The number of hydrogen-bond acceptors (Lipinski definition) is 9. The molecule has 8 bridgehead atoms. The molecule has 3 aromatic rings. The minimum atomic E-state index is -0.0969. The second-order valence-corrected chi connectivity index (χ2v) is 11.2. The molecule has 2 aromatic heterocycles. The van der Waals surface area contributed by atoms with Crippen molar-refractivity contribution < 1.29 is 13.9 Å². The van der Waals surface area contributed by atoms with Gasteiger partial charge in [-0.3, -0.25) is 9.78 Å². The molecule has 3 fully saturated rings. The summed E-state index contributed by atoms with van der Waals surface area (Å²) in [5, 5.41) is 9.44. The Hall–Kier alpha value is -3.11. The third-order valence-corrected chi connectivity index (χ3v) is 8.56. The number of anilines is 2. The number of ether oxygens (including phenoxy) is 1. The summed E-state index contributed by atoms with van der Waals surface area (Å²) >= 11 is 1.80. The summed E-state index contributed by atoms with van der Waals surface area (Å²) in [7, 11) is 0. The quantitative estimate of drug-likeness (QED) is 0.529. The van der Waals surface area contributed by atoms with Gasteiger partial charge in [0.1, 0.15) is 5.69 Å². The third kappa shape index (κ3) is 4.32. The fourth-order valence-corrected chi connectivity index (χ4v) is 5.79. The van der Waals surface area contributed by atoms with Crippen molar-refractivity contribution in [2.75, 3.05) is 42.4 Å². The van der Waals surface area contributed by atoms with Gasteiger partial charge in [-0.25, -0.2) is 0 Å². The number of pyridine rings is 1. The van der Waals surface area contributed by atoms with Gasteiger partial charge in [0.2, 0.25) is 11.8 Å². The van der Waals surface area contributed by atoms with E-state index in [1.807, 2.05) is 0 Å². The van der Waals surface area contributed by atoms with Crippen LogP contribution in [0.3, 0.4) is 0 Å². The van der Waals surface area contributed by atoms with Crippen molar-refractivity contribution in [1.29, 1.82) is 0 Å². The lowest BCUT2D eigenvalue weighted by Gasteiger charge is -2.40. The van der Waals surface area contributed by atoms with Crippen LogP contribution in [0.1, 0.15) is 36.2 Å². The molecule has 1 aliphatic carbocycles. The molecule has 6 aliphatic rings. The van der Waals surface area contributed by atoms with E-state index >= 15 is 0 Å². The number of nitrogens with one attached hydrogen (secondary N) is 1. The fourth-order valence-electron chi connectivity index (χ4n) is 4.99. The highest BCUT2D eigenvalue weighted by atomic mass is 32.2. The zero-order chi connectivity index (χ0) is 24.1. The van der Waals surface area contributed by atoms with Gasteiger partial charge in [-0.1, -0.05) is 0 Å². The normalized spacial score (nSPS) is 23.5. The van der Waals surface area contributed by atoms with Crippen LogP contribution in [0.15, 0.2) is 40.9 Å². The number of carbonyl (C=O) groups excluding carboxylic acids is 1. The van der Waals surface area contributed by atoms with Gasteiger partial charge in [0.05, 0.1) is 24.0 Å². The number of benzene rings is 1. The summed E-state index contributed by atoms with van der Waals surface area (Å²) in [5.41, 5.74) is 4.17. The maximum absolute atomic E-state index is 13.0. The molecule has 9 nitrogen and oxygen atoms in total. The number of piperidine rings is 1. The van der Waals surface area contributed by atoms with Crippen molar-refractivity contribution in [2.24, 2.45) is 5.92 Å². The first-order chi connectivity index (χ1) is 17.7. The lowest BCUT2D eigenvalue weighted by atomic mass is 9.96. The molecule has 0 unspecified atom stereocenters. The Kier molecular flexibility index (Phi) is 5.58. The number of aromatic nitrogens is 3. The van der Waals surface area contributed by atoms with Gasteiger partial charge < -0.3 is 23.7 Å². The van der Waals surface area contributed by atoms with E-state index in [0.29, 0.717) is 47.3 Å². The average Bonchev–Trinajstić information content (AvgIpc) is 3.60. The molecule has 1 aromatic carbocycles. The van der Waals surface area contributed by atoms with Crippen molar-refractivity contribution in [3.05, 3.63) is 42.2 Å². The van der Waals surface area contributed by atoms with Gasteiger partial charge in [-0.05, 0) is 73.9 Å². The maximum atomic E-state index is 13.0. The largest absolute Gasteiger partial charge is 0.416 e. The standard InChI is InChI=1S/C26H28N6O3S/c33-26-22-11-17(5-8-27-22)24-28-29-25(35-24)21-4-1-18(30-36-20-2-3-20)12-23(21)31-9-6-16(7-10-31)15-34-19-13-32(26)14-19/h1,4-5,8,11-12,16,19-20,30H,2-3,6-7,9-10,13-15H2. The summed E-state index contributed by atoms with van der Waals surface area (Å²) in [5.74, 6) is 1.28. The van der Waals surface area contributed by atoms with Crippen molar-refractivity contribution in [2.45, 2.75) is 37.0 Å². The number of amides is 1.